The van der Waals surface area contributed by atoms with Crippen LogP contribution in [-0.2, 0) is 9.53 Å². The molecule has 1 unspecified atom stereocenters. The second kappa shape index (κ2) is 6.81. The van der Waals surface area contributed by atoms with Crippen molar-refractivity contribution in [3.05, 3.63) is 29.8 Å². The van der Waals surface area contributed by atoms with Gasteiger partial charge in [0.2, 0.25) is 0 Å². The largest absolute Gasteiger partial charge is 0.480 e. The van der Waals surface area contributed by atoms with Gasteiger partial charge in [-0.2, -0.15) is 0 Å². The highest BCUT2D eigenvalue weighted by molar-refractivity contribution is 7.99. The van der Waals surface area contributed by atoms with Crippen LogP contribution in [0.15, 0.2) is 29.2 Å². The number of hydrogen-bond donors (Lipinski definition) is 1. The van der Waals surface area contributed by atoms with Gasteiger partial charge in [0.05, 0.1) is 6.10 Å². The highest BCUT2D eigenvalue weighted by Gasteiger charge is 2.27. The van der Waals surface area contributed by atoms with Gasteiger partial charge in [-0.15, -0.1) is 11.8 Å². The van der Waals surface area contributed by atoms with Gasteiger partial charge in [-0.05, 0) is 24.5 Å². The number of carboxylic acids is 1. The van der Waals surface area contributed by atoms with E-state index in [0.29, 0.717) is 5.92 Å². The number of nitrogens with zero attached hydrogens (tertiary/aromatic N) is 1. The zero-order chi connectivity index (χ0) is 14.7. The van der Waals surface area contributed by atoms with Gasteiger partial charge in [0.15, 0.2) is 0 Å². The zero-order valence-electron chi connectivity index (χ0n) is 12.0. The molecule has 0 radical (unpaired) electrons. The average Bonchev–Trinajstić information content (AvgIpc) is 2.90. The molecule has 1 fully saturated rings. The van der Waals surface area contributed by atoms with Crippen molar-refractivity contribution >= 4 is 17.7 Å². The number of carbonyl (C=O) groups is 1. The minimum absolute atomic E-state index is 0.114. The van der Waals surface area contributed by atoms with Gasteiger partial charge in [0, 0.05) is 36.2 Å². The van der Waals surface area contributed by atoms with Crippen molar-refractivity contribution in [1.82, 2.24) is 4.90 Å². The highest BCUT2D eigenvalue weighted by Crippen LogP contribution is 2.39. The topological polar surface area (TPSA) is 49.8 Å². The fraction of sp³-hybridized carbons (Fsp3) is 0.562. The van der Waals surface area contributed by atoms with Gasteiger partial charge in [-0.25, -0.2) is 4.79 Å². The van der Waals surface area contributed by atoms with E-state index < -0.39 is 5.97 Å². The molecule has 3 rings (SSSR count). The molecule has 1 saturated heterocycles. The minimum Gasteiger partial charge on any atom is -0.480 e. The highest BCUT2D eigenvalue weighted by atomic mass is 32.2. The Balaban J connectivity index is 1.47. The molecule has 0 spiro atoms. The molecule has 1 atom stereocenters. The van der Waals surface area contributed by atoms with Crippen LogP contribution in [0.3, 0.4) is 0 Å². The molecule has 0 aromatic heterocycles. The van der Waals surface area contributed by atoms with E-state index in [0.717, 1.165) is 32.5 Å². The van der Waals surface area contributed by atoms with E-state index in [1.165, 1.54) is 16.2 Å². The molecular weight excluding hydrogens is 286 g/mol. The number of carboxylic acid groups (broad SMARTS) is 1. The minimum atomic E-state index is -0.878. The Morgan fingerprint density at radius 2 is 2.10 bits per heavy atom. The van der Waals surface area contributed by atoms with Crippen molar-refractivity contribution < 1.29 is 14.6 Å². The Morgan fingerprint density at radius 3 is 2.86 bits per heavy atom. The molecule has 21 heavy (non-hydrogen) atoms. The van der Waals surface area contributed by atoms with Crippen LogP contribution >= 0.6 is 11.8 Å². The van der Waals surface area contributed by atoms with Crippen molar-refractivity contribution in [2.24, 2.45) is 0 Å². The summed E-state index contributed by atoms with van der Waals surface area (Å²) in [4.78, 5) is 14.4. The lowest BCUT2D eigenvalue weighted by molar-refractivity contribution is -0.145. The van der Waals surface area contributed by atoms with Crippen molar-refractivity contribution in [3.63, 3.8) is 0 Å². The number of hydrogen-bond acceptors (Lipinski definition) is 4. The molecule has 0 saturated carbocycles. The third kappa shape index (κ3) is 3.78. The normalized spacial score (nSPS) is 23.1. The first-order chi connectivity index (χ1) is 10.2. The summed E-state index contributed by atoms with van der Waals surface area (Å²) in [7, 11) is 0. The van der Waals surface area contributed by atoms with Crippen molar-refractivity contribution in [1.29, 1.82) is 0 Å². The molecular formula is C16H21NO3S. The SMILES string of the molecule is O=C(O)COC1CCN(CC2CSc3ccccc32)CC1. The second-order valence-electron chi connectivity index (χ2n) is 5.75. The van der Waals surface area contributed by atoms with Gasteiger partial charge in [0.1, 0.15) is 6.61 Å². The lowest BCUT2D eigenvalue weighted by Crippen LogP contribution is -2.39. The number of likely N-dealkylation sites (tertiary alicyclic amines) is 1. The van der Waals surface area contributed by atoms with Gasteiger partial charge in [-0.1, -0.05) is 18.2 Å². The van der Waals surface area contributed by atoms with Crippen molar-refractivity contribution in [3.8, 4) is 0 Å². The lowest BCUT2D eigenvalue weighted by Gasteiger charge is -2.33. The maximum Gasteiger partial charge on any atom is 0.329 e. The first kappa shape index (κ1) is 14.9. The third-order valence-corrected chi connectivity index (χ3v) is 5.51. The van der Waals surface area contributed by atoms with E-state index in [1.54, 1.807) is 0 Å². The summed E-state index contributed by atoms with van der Waals surface area (Å²) in [5.41, 5.74) is 1.49. The third-order valence-electron chi connectivity index (χ3n) is 4.25. The number of piperidine rings is 1. The quantitative estimate of drug-likeness (QED) is 0.905. The number of aliphatic carboxylic acids is 1. The van der Waals surface area contributed by atoms with E-state index in [-0.39, 0.29) is 12.7 Å². The van der Waals surface area contributed by atoms with E-state index in [1.807, 2.05) is 11.8 Å². The Morgan fingerprint density at radius 1 is 1.33 bits per heavy atom. The molecule has 2 heterocycles. The number of fused-ring (bicyclic) bond motifs is 1. The summed E-state index contributed by atoms with van der Waals surface area (Å²) >= 11 is 1.96. The van der Waals surface area contributed by atoms with Crippen LogP contribution in [0.2, 0.25) is 0 Å². The Labute approximate surface area is 129 Å². The maximum absolute atomic E-state index is 10.5. The van der Waals surface area contributed by atoms with E-state index in [2.05, 4.69) is 29.2 Å². The summed E-state index contributed by atoms with van der Waals surface area (Å²) < 4.78 is 5.39. The lowest BCUT2D eigenvalue weighted by atomic mass is 9.99. The summed E-state index contributed by atoms with van der Waals surface area (Å²) in [6.45, 7) is 2.95. The van der Waals surface area contributed by atoms with E-state index in [4.69, 9.17) is 9.84 Å². The number of benzene rings is 1. The summed E-state index contributed by atoms with van der Waals surface area (Å²) in [5, 5.41) is 8.64. The van der Waals surface area contributed by atoms with Crippen LogP contribution in [-0.4, -0.2) is 54.1 Å². The fourth-order valence-corrected chi connectivity index (χ4v) is 4.38. The number of thioether (sulfide) groups is 1. The zero-order valence-corrected chi connectivity index (χ0v) is 12.8. The first-order valence-corrected chi connectivity index (χ1v) is 8.48. The smallest absolute Gasteiger partial charge is 0.329 e. The molecule has 1 N–H and O–H groups in total. The van der Waals surface area contributed by atoms with Crippen LogP contribution < -0.4 is 0 Å². The summed E-state index contributed by atoms with van der Waals surface area (Å²) in [5.74, 6) is 0.925. The second-order valence-corrected chi connectivity index (χ2v) is 6.81. The molecule has 1 aromatic carbocycles. The standard InChI is InChI=1S/C16H21NO3S/c18-16(19)10-20-13-5-7-17(8-6-13)9-12-11-21-15-4-2-1-3-14(12)15/h1-4,12-13H,5-11H2,(H,18,19). The fourth-order valence-electron chi connectivity index (χ4n) is 3.14. The molecule has 5 heteroatoms. The molecule has 4 nitrogen and oxygen atoms in total. The summed E-state index contributed by atoms with van der Waals surface area (Å²) in [6, 6.07) is 8.71. The van der Waals surface area contributed by atoms with Crippen LogP contribution in [0.5, 0.6) is 0 Å². The molecule has 2 aliphatic rings. The van der Waals surface area contributed by atoms with Crippen molar-refractivity contribution in [2.75, 3.05) is 32.0 Å². The van der Waals surface area contributed by atoms with Crippen LogP contribution in [0, 0.1) is 0 Å². The Hall–Kier alpha value is -1.04. The van der Waals surface area contributed by atoms with E-state index in [9.17, 15) is 4.79 Å². The van der Waals surface area contributed by atoms with Crippen LogP contribution in [0.25, 0.3) is 0 Å². The van der Waals surface area contributed by atoms with Gasteiger partial charge in [-0.3, -0.25) is 0 Å². The predicted octanol–water partition coefficient (Wildman–Crippen LogP) is 2.44. The van der Waals surface area contributed by atoms with Gasteiger partial charge in [0.25, 0.3) is 0 Å². The number of ether oxygens (including phenoxy) is 1. The Kier molecular flexibility index (Phi) is 4.83. The van der Waals surface area contributed by atoms with Gasteiger partial charge >= 0.3 is 5.97 Å². The monoisotopic (exact) mass is 307 g/mol. The molecule has 114 valence electrons. The van der Waals surface area contributed by atoms with Crippen molar-refractivity contribution in [2.45, 2.75) is 29.8 Å². The molecule has 0 bridgehead atoms. The predicted molar refractivity (Wildman–Crippen MR) is 83.0 cm³/mol. The average molecular weight is 307 g/mol. The van der Waals surface area contributed by atoms with Crippen LogP contribution in [0.4, 0.5) is 0 Å². The van der Waals surface area contributed by atoms with E-state index >= 15 is 0 Å². The molecule has 0 aliphatic carbocycles. The molecule has 2 aliphatic heterocycles. The first-order valence-electron chi connectivity index (χ1n) is 7.50. The van der Waals surface area contributed by atoms with Gasteiger partial charge < -0.3 is 14.7 Å². The van der Waals surface area contributed by atoms with Crippen LogP contribution in [0.1, 0.15) is 24.3 Å². The Bertz CT molecular complexity index is 500. The summed E-state index contributed by atoms with van der Waals surface area (Å²) in [6.07, 6.45) is 1.99. The molecule has 1 aromatic rings. The number of rotatable bonds is 5. The maximum atomic E-state index is 10.5. The molecule has 0 amide bonds.